The molecule has 24 heavy (non-hydrogen) atoms. The molecule has 1 aliphatic rings. The molecule has 0 amide bonds. The highest BCUT2D eigenvalue weighted by molar-refractivity contribution is 5.59. The van der Waals surface area contributed by atoms with Gasteiger partial charge in [0.15, 0.2) is 5.54 Å². The van der Waals surface area contributed by atoms with Crippen molar-refractivity contribution in [1.29, 1.82) is 5.26 Å². The second-order valence-corrected chi connectivity index (χ2v) is 6.03. The van der Waals surface area contributed by atoms with E-state index in [9.17, 15) is 5.26 Å². The van der Waals surface area contributed by atoms with E-state index in [2.05, 4.69) is 36.1 Å². The molecule has 0 spiro atoms. The SMILES string of the molecule is C/C(=C/c1ccccc1)[C@](C#N)(c1ccccc1)N1CCOCC1. The van der Waals surface area contributed by atoms with Crippen molar-refractivity contribution >= 4 is 6.08 Å². The summed E-state index contributed by atoms with van der Waals surface area (Å²) in [5.74, 6) is 0. The van der Waals surface area contributed by atoms with Crippen molar-refractivity contribution in [1.82, 2.24) is 4.90 Å². The molecule has 1 saturated heterocycles. The summed E-state index contributed by atoms with van der Waals surface area (Å²) >= 11 is 0. The van der Waals surface area contributed by atoms with E-state index in [1.54, 1.807) is 0 Å². The molecule has 0 unspecified atom stereocenters. The molecule has 3 heteroatoms. The summed E-state index contributed by atoms with van der Waals surface area (Å²) in [5.41, 5.74) is 2.39. The van der Waals surface area contributed by atoms with Crippen LogP contribution in [0.25, 0.3) is 6.08 Å². The molecule has 1 atom stereocenters. The largest absolute Gasteiger partial charge is 0.379 e. The molecule has 1 aliphatic heterocycles. The molecule has 0 radical (unpaired) electrons. The zero-order chi connectivity index (χ0) is 16.8. The Labute approximate surface area is 143 Å². The maximum atomic E-state index is 10.3. The summed E-state index contributed by atoms with van der Waals surface area (Å²) in [6.07, 6.45) is 2.12. The molecule has 0 aromatic heterocycles. The first-order valence-corrected chi connectivity index (χ1v) is 8.31. The smallest absolute Gasteiger partial charge is 0.156 e. The summed E-state index contributed by atoms with van der Waals surface area (Å²) < 4.78 is 5.50. The topological polar surface area (TPSA) is 36.3 Å². The highest BCUT2D eigenvalue weighted by Gasteiger charge is 2.41. The molecule has 0 bridgehead atoms. The number of hydrogen-bond acceptors (Lipinski definition) is 3. The molecule has 1 heterocycles. The monoisotopic (exact) mass is 318 g/mol. The van der Waals surface area contributed by atoms with Gasteiger partial charge >= 0.3 is 0 Å². The quantitative estimate of drug-likeness (QED) is 0.859. The maximum absolute atomic E-state index is 10.3. The van der Waals surface area contributed by atoms with Crippen LogP contribution < -0.4 is 0 Å². The summed E-state index contributed by atoms with van der Waals surface area (Å²) in [6.45, 7) is 4.88. The molecule has 3 nitrogen and oxygen atoms in total. The van der Waals surface area contributed by atoms with Gasteiger partial charge in [0.25, 0.3) is 0 Å². The Hall–Kier alpha value is -2.41. The highest BCUT2D eigenvalue weighted by Crippen LogP contribution is 2.37. The number of nitrogens with zero attached hydrogens (tertiary/aromatic N) is 2. The van der Waals surface area contributed by atoms with E-state index in [0.717, 1.165) is 29.8 Å². The predicted molar refractivity (Wildman–Crippen MR) is 96.2 cm³/mol. The van der Waals surface area contributed by atoms with Crippen molar-refractivity contribution < 1.29 is 4.74 Å². The van der Waals surface area contributed by atoms with Gasteiger partial charge in [-0.25, -0.2) is 0 Å². The van der Waals surface area contributed by atoms with Crippen LogP contribution in [-0.4, -0.2) is 31.2 Å². The Morgan fingerprint density at radius 1 is 1.04 bits per heavy atom. The van der Waals surface area contributed by atoms with Crippen LogP contribution >= 0.6 is 0 Å². The first-order valence-electron chi connectivity index (χ1n) is 8.31. The number of hydrogen-bond donors (Lipinski definition) is 0. The summed E-state index contributed by atoms with van der Waals surface area (Å²) in [7, 11) is 0. The first kappa shape index (κ1) is 16.4. The Morgan fingerprint density at radius 2 is 1.62 bits per heavy atom. The first-order chi connectivity index (χ1) is 11.8. The van der Waals surface area contributed by atoms with Crippen LogP contribution in [-0.2, 0) is 10.3 Å². The minimum Gasteiger partial charge on any atom is -0.379 e. The van der Waals surface area contributed by atoms with Crippen molar-refractivity contribution in [2.75, 3.05) is 26.3 Å². The number of rotatable bonds is 4. The standard InChI is InChI=1S/C21H22N2O/c1-18(16-19-8-4-2-5-9-19)21(17-22,20-10-6-3-7-11-20)23-12-14-24-15-13-23/h2-11,16H,12-15H2,1H3/b18-16-/t21-/m1/s1. The van der Waals surface area contributed by atoms with Gasteiger partial charge in [0.1, 0.15) is 0 Å². The fourth-order valence-corrected chi connectivity index (χ4v) is 3.36. The zero-order valence-electron chi connectivity index (χ0n) is 14.0. The van der Waals surface area contributed by atoms with Crippen molar-refractivity contribution in [3.8, 4) is 6.07 Å². The van der Waals surface area contributed by atoms with Crippen LogP contribution in [0.15, 0.2) is 66.2 Å². The van der Waals surface area contributed by atoms with Crippen LogP contribution in [0.2, 0.25) is 0 Å². The predicted octanol–water partition coefficient (Wildman–Crippen LogP) is 3.84. The Bertz CT molecular complexity index is 727. The van der Waals surface area contributed by atoms with Crippen molar-refractivity contribution in [3.63, 3.8) is 0 Å². The second-order valence-electron chi connectivity index (χ2n) is 6.03. The molecule has 2 aromatic carbocycles. The van der Waals surface area contributed by atoms with Gasteiger partial charge in [0.2, 0.25) is 0 Å². The number of nitriles is 1. The van der Waals surface area contributed by atoms with Crippen LogP contribution in [0.3, 0.4) is 0 Å². The minimum atomic E-state index is -0.763. The molecule has 122 valence electrons. The number of morpholine rings is 1. The lowest BCUT2D eigenvalue weighted by atomic mass is 9.81. The van der Waals surface area contributed by atoms with Gasteiger partial charge in [0, 0.05) is 13.1 Å². The van der Waals surface area contributed by atoms with Gasteiger partial charge in [-0.1, -0.05) is 66.7 Å². The van der Waals surface area contributed by atoms with E-state index in [4.69, 9.17) is 4.74 Å². The van der Waals surface area contributed by atoms with Crippen LogP contribution in [0.5, 0.6) is 0 Å². The number of benzene rings is 2. The minimum absolute atomic E-state index is 0.662. The van der Waals surface area contributed by atoms with Gasteiger partial charge in [-0.3, -0.25) is 4.90 Å². The molecular formula is C21H22N2O. The normalized spacial score (nSPS) is 18.6. The van der Waals surface area contributed by atoms with Gasteiger partial charge in [-0.15, -0.1) is 0 Å². The Morgan fingerprint density at radius 3 is 2.21 bits per heavy atom. The lowest BCUT2D eigenvalue weighted by molar-refractivity contribution is 0.00577. The highest BCUT2D eigenvalue weighted by atomic mass is 16.5. The summed E-state index contributed by atoms with van der Waals surface area (Å²) in [6, 6.07) is 22.9. The number of ether oxygens (including phenoxy) is 1. The molecule has 0 N–H and O–H groups in total. The van der Waals surface area contributed by atoms with E-state index in [1.807, 2.05) is 48.5 Å². The van der Waals surface area contributed by atoms with Gasteiger partial charge in [-0.05, 0) is 23.6 Å². The second kappa shape index (κ2) is 7.44. The third kappa shape index (κ3) is 3.12. The van der Waals surface area contributed by atoms with Gasteiger partial charge < -0.3 is 4.74 Å². The summed E-state index contributed by atoms with van der Waals surface area (Å²) in [4.78, 5) is 2.24. The van der Waals surface area contributed by atoms with Gasteiger partial charge in [0.05, 0.1) is 19.3 Å². The van der Waals surface area contributed by atoms with Crippen LogP contribution in [0, 0.1) is 11.3 Å². The van der Waals surface area contributed by atoms with Crippen molar-refractivity contribution in [2.45, 2.75) is 12.5 Å². The Kier molecular flexibility index (Phi) is 5.10. The fraction of sp³-hybridized carbons (Fsp3) is 0.286. The Balaban J connectivity index is 2.10. The van der Waals surface area contributed by atoms with E-state index in [0.29, 0.717) is 13.2 Å². The van der Waals surface area contributed by atoms with E-state index in [1.165, 1.54) is 0 Å². The molecular weight excluding hydrogens is 296 g/mol. The maximum Gasteiger partial charge on any atom is 0.156 e. The van der Waals surface area contributed by atoms with Crippen molar-refractivity contribution in [3.05, 3.63) is 77.4 Å². The van der Waals surface area contributed by atoms with Crippen molar-refractivity contribution in [2.24, 2.45) is 0 Å². The lowest BCUT2D eigenvalue weighted by Gasteiger charge is -2.42. The average molecular weight is 318 g/mol. The van der Waals surface area contributed by atoms with E-state index in [-0.39, 0.29) is 0 Å². The average Bonchev–Trinajstić information content (AvgIpc) is 2.65. The van der Waals surface area contributed by atoms with Crippen LogP contribution in [0.1, 0.15) is 18.1 Å². The molecule has 0 saturated carbocycles. The third-order valence-electron chi connectivity index (χ3n) is 4.59. The third-order valence-corrected chi connectivity index (χ3v) is 4.59. The zero-order valence-corrected chi connectivity index (χ0v) is 14.0. The van der Waals surface area contributed by atoms with Gasteiger partial charge in [-0.2, -0.15) is 5.26 Å². The summed E-state index contributed by atoms with van der Waals surface area (Å²) in [5, 5.41) is 10.3. The van der Waals surface area contributed by atoms with E-state index >= 15 is 0 Å². The molecule has 0 aliphatic carbocycles. The lowest BCUT2D eigenvalue weighted by Crippen LogP contribution is -2.51. The molecule has 2 aromatic rings. The van der Waals surface area contributed by atoms with Crippen LogP contribution in [0.4, 0.5) is 0 Å². The molecule has 3 rings (SSSR count). The molecule has 1 fully saturated rings. The fourth-order valence-electron chi connectivity index (χ4n) is 3.36. The van der Waals surface area contributed by atoms with E-state index < -0.39 is 5.54 Å².